The zero-order valence-electron chi connectivity index (χ0n) is 12.0. The molecular formula is C16H23N3O. The van der Waals surface area contributed by atoms with Crippen molar-refractivity contribution in [3.63, 3.8) is 0 Å². The lowest BCUT2D eigenvalue weighted by molar-refractivity contribution is -0.130. The summed E-state index contributed by atoms with van der Waals surface area (Å²) in [6.45, 7) is 4.55. The largest absolute Gasteiger partial charge is 0.384 e. The van der Waals surface area contributed by atoms with E-state index in [-0.39, 0.29) is 0 Å². The number of anilines is 1. The first kappa shape index (κ1) is 13.4. The van der Waals surface area contributed by atoms with E-state index in [0.29, 0.717) is 12.3 Å². The molecule has 0 aliphatic carbocycles. The Hall–Kier alpha value is -1.55. The summed E-state index contributed by atoms with van der Waals surface area (Å²) in [6.07, 6.45) is 4.07. The maximum Gasteiger partial charge on any atom is 0.223 e. The van der Waals surface area contributed by atoms with Crippen LogP contribution in [0.25, 0.3) is 0 Å². The van der Waals surface area contributed by atoms with Gasteiger partial charge >= 0.3 is 0 Å². The van der Waals surface area contributed by atoms with Crippen molar-refractivity contribution < 1.29 is 4.79 Å². The van der Waals surface area contributed by atoms with Crippen LogP contribution in [0.1, 0.15) is 30.4 Å². The Morgan fingerprint density at radius 2 is 2.15 bits per heavy atom. The van der Waals surface area contributed by atoms with Crippen LogP contribution in [0.2, 0.25) is 0 Å². The zero-order valence-corrected chi connectivity index (χ0v) is 12.0. The molecule has 0 unspecified atom stereocenters. The van der Waals surface area contributed by atoms with Gasteiger partial charge in [-0.05, 0) is 30.4 Å². The number of amides is 1. The summed E-state index contributed by atoms with van der Waals surface area (Å²) >= 11 is 0. The summed E-state index contributed by atoms with van der Waals surface area (Å²) in [5, 5.41) is 6.85. The Bertz CT molecular complexity index is 481. The zero-order chi connectivity index (χ0) is 13.8. The molecule has 1 aromatic rings. The van der Waals surface area contributed by atoms with Crippen LogP contribution in [0.4, 0.5) is 5.69 Å². The van der Waals surface area contributed by atoms with E-state index in [9.17, 15) is 4.79 Å². The van der Waals surface area contributed by atoms with E-state index < -0.39 is 0 Å². The standard InChI is InChI=1S/C16H23N3O/c20-15(19-10-1-2-11-19)7-8-17-12-14-5-3-4-13-6-9-18-16(13)14/h3-5,17-18H,1-2,6-12H2. The van der Waals surface area contributed by atoms with E-state index in [4.69, 9.17) is 0 Å². The van der Waals surface area contributed by atoms with Crippen LogP contribution in [0.15, 0.2) is 18.2 Å². The lowest BCUT2D eigenvalue weighted by Crippen LogP contribution is -2.30. The summed E-state index contributed by atoms with van der Waals surface area (Å²) in [5.41, 5.74) is 4.02. The van der Waals surface area contributed by atoms with Crippen molar-refractivity contribution in [1.29, 1.82) is 0 Å². The molecule has 0 atom stereocenters. The van der Waals surface area contributed by atoms with Crippen molar-refractivity contribution in [2.24, 2.45) is 0 Å². The molecule has 0 spiro atoms. The predicted octanol–water partition coefficient (Wildman–Crippen LogP) is 1.76. The summed E-state index contributed by atoms with van der Waals surface area (Å²) in [4.78, 5) is 13.9. The molecular weight excluding hydrogens is 250 g/mol. The van der Waals surface area contributed by atoms with Crippen molar-refractivity contribution in [3.05, 3.63) is 29.3 Å². The molecule has 20 heavy (non-hydrogen) atoms. The van der Waals surface area contributed by atoms with Gasteiger partial charge in [-0.15, -0.1) is 0 Å². The minimum atomic E-state index is 0.298. The highest BCUT2D eigenvalue weighted by molar-refractivity contribution is 5.76. The Labute approximate surface area is 120 Å². The van der Waals surface area contributed by atoms with Crippen LogP contribution in [0, 0.1) is 0 Å². The van der Waals surface area contributed by atoms with Crippen molar-refractivity contribution >= 4 is 11.6 Å². The van der Waals surface area contributed by atoms with Crippen molar-refractivity contribution in [2.75, 3.05) is 31.5 Å². The van der Waals surface area contributed by atoms with Gasteiger partial charge in [0.2, 0.25) is 5.91 Å². The summed E-state index contributed by atoms with van der Waals surface area (Å²) < 4.78 is 0. The molecule has 2 aliphatic rings. The van der Waals surface area contributed by atoms with Crippen LogP contribution in [0.5, 0.6) is 0 Å². The van der Waals surface area contributed by atoms with E-state index in [2.05, 4.69) is 28.8 Å². The highest BCUT2D eigenvalue weighted by Gasteiger charge is 2.17. The Kier molecular flexibility index (Phi) is 4.21. The van der Waals surface area contributed by atoms with Crippen LogP contribution >= 0.6 is 0 Å². The first-order chi connectivity index (χ1) is 9.84. The maximum atomic E-state index is 11.9. The Morgan fingerprint density at radius 1 is 1.30 bits per heavy atom. The highest BCUT2D eigenvalue weighted by atomic mass is 16.2. The number of carbonyl (C=O) groups excluding carboxylic acids is 1. The van der Waals surface area contributed by atoms with Crippen molar-refractivity contribution in [2.45, 2.75) is 32.2 Å². The van der Waals surface area contributed by atoms with Gasteiger partial charge in [0.15, 0.2) is 0 Å². The second-order valence-corrected chi connectivity index (χ2v) is 5.64. The van der Waals surface area contributed by atoms with Gasteiger partial charge < -0.3 is 15.5 Å². The van der Waals surface area contributed by atoms with E-state index in [1.807, 2.05) is 4.90 Å². The molecule has 0 bridgehead atoms. The fourth-order valence-corrected chi connectivity index (χ4v) is 3.10. The SMILES string of the molecule is O=C(CCNCc1cccc2c1NCC2)N1CCCC1. The first-order valence-corrected chi connectivity index (χ1v) is 7.68. The number of carbonyl (C=O) groups is 1. The molecule has 2 heterocycles. The third-order valence-electron chi connectivity index (χ3n) is 4.22. The van der Waals surface area contributed by atoms with Gasteiger partial charge in [-0.3, -0.25) is 4.79 Å². The lowest BCUT2D eigenvalue weighted by atomic mass is 10.1. The van der Waals surface area contributed by atoms with E-state index in [0.717, 1.165) is 39.1 Å². The second-order valence-electron chi connectivity index (χ2n) is 5.64. The fourth-order valence-electron chi connectivity index (χ4n) is 3.10. The molecule has 1 fully saturated rings. The molecule has 4 nitrogen and oxygen atoms in total. The molecule has 1 amide bonds. The van der Waals surface area contributed by atoms with Crippen LogP contribution in [0.3, 0.4) is 0 Å². The third-order valence-corrected chi connectivity index (χ3v) is 4.22. The van der Waals surface area contributed by atoms with Gasteiger partial charge in [0, 0.05) is 44.8 Å². The van der Waals surface area contributed by atoms with Crippen molar-refractivity contribution in [3.8, 4) is 0 Å². The molecule has 3 rings (SSSR count). The number of nitrogens with zero attached hydrogens (tertiary/aromatic N) is 1. The monoisotopic (exact) mass is 273 g/mol. The number of hydrogen-bond donors (Lipinski definition) is 2. The molecule has 108 valence electrons. The molecule has 0 aromatic heterocycles. The van der Waals surface area contributed by atoms with Crippen LogP contribution in [-0.2, 0) is 17.8 Å². The number of rotatable bonds is 5. The number of fused-ring (bicyclic) bond motifs is 1. The molecule has 1 saturated heterocycles. The van der Waals surface area contributed by atoms with E-state index in [1.54, 1.807) is 0 Å². The molecule has 2 N–H and O–H groups in total. The smallest absolute Gasteiger partial charge is 0.223 e. The van der Waals surface area contributed by atoms with Gasteiger partial charge in [-0.2, -0.15) is 0 Å². The fraction of sp³-hybridized carbons (Fsp3) is 0.562. The highest BCUT2D eigenvalue weighted by Crippen LogP contribution is 2.26. The van der Waals surface area contributed by atoms with Crippen molar-refractivity contribution in [1.82, 2.24) is 10.2 Å². The van der Waals surface area contributed by atoms with Gasteiger partial charge in [0.25, 0.3) is 0 Å². The van der Waals surface area contributed by atoms with Gasteiger partial charge in [0.1, 0.15) is 0 Å². The van der Waals surface area contributed by atoms with E-state index in [1.165, 1.54) is 29.7 Å². The first-order valence-electron chi connectivity index (χ1n) is 7.68. The van der Waals surface area contributed by atoms with Gasteiger partial charge in [0.05, 0.1) is 0 Å². The maximum absolute atomic E-state index is 11.9. The van der Waals surface area contributed by atoms with Crippen LogP contribution < -0.4 is 10.6 Å². The Morgan fingerprint density at radius 3 is 3.00 bits per heavy atom. The lowest BCUT2D eigenvalue weighted by Gasteiger charge is -2.15. The Balaban J connectivity index is 1.44. The summed E-state index contributed by atoms with van der Waals surface area (Å²) in [5.74, 6) is 0.298. The predicted molar refractivity (Wildman–Crippen MR) is 80.8 cm³/mol. The van der Waals surface area contributed by atoms with Crippen LogP contribution in [-0.4, -0.2) is 37.0 Å². The molecule has 4 heteroatoms. The number of likely N-dealkylation sites (tertiary alicyclic amines) is 1. The number of para-hydroxylation sites is 1. The number of nitrogens with one attached hydrogen (secondary N) is 2. The molecule has 1 aromatic carbocycles. The summed E-state index contributed by atoms with van der Waals surface area (Å²) in [6, 6.07) is 6.47. The average molecular weight is 273 g/mol. The summed E-state index contributed by atoms with van der Waals surface area (Å²) in [7, 11) is 0. The molecule has 0 saturated carbocycles. The average Bonchev–Trinajstić information content (AvgIpc) is 3.13. The third kappa shape index (κ3) is 2.96. The molecule has 2 aliphatic heterocycles. The number of hydrogen-bond acceptors (Lipinski definition) is 3. The van der Waals surface area contributed by atoms with Gasteiger partial charge in [-0.25, -0.2) is 0 Å². The minimum absolute atomic E-state index is 0.298. The van der Waals surface area contributed by atoms with Gasteiger partial charge in [-0.1, -0.05) is 18.2 Å². The molecule has 0 radical (unpaired) electrons. The van der Waals surface area contributed by atoms with E-state index >= 15 is 0 Å². The quantitative estimate of drug-likeness (QED) is 0.804. The minimum Gasteiger partial charge on any atom is -0.384 e. The second kappa shape index (κ2) is 6.27. The topological polar surface area (TPSA) is 44.4 Å². The number of benzene rings is 1. The normalized spacial score (nSPS) is 17.1.